The minimum atomic E-state index is -0.474. The van der Waals surface area contributed by atoms with Crippen LogP contribution in [-0.2, 0) is 4.74 Å². The van der Waals surface area contributed by atoms with E-state index in [0.717, 1.165) is 31.4 Å². The molecule has 19 heavy (non-hydrogen) atoms. The Balaban J connectivity index is 2.15. The van der Waals surface area contributed by atoms with E-state index in [1.165, 1.54) is 0 Å². The van der Waals surface area contributed by atoms with Crippen molar-refractivity contribution in [2.75, 3.05) is 6.54 Å². The summed E-state index contributed by atoms with van der Waals surface area (Å²) in [6.45, 7) is 6.36. The van der Waals surface area contributed by atoms with Crippen LogP contribution < -0.4 is 0 Å². The number of aromatic amines is 1. The van der Waals surface area contributed by atoms with Crippen LogP contribution in [0.1, 0.15) is 58.2 Å². The van der Waals surface area contributed by atoms with Crippen molar-refractivity contribution in [1.29, 1.82) is 0 Å². The largest absolute Gasteiger partial charge is 0.444 e. The summed E-state index contributed by atoms with van der Waals surface area (Å²) in [5.41, 5.74) is 0.338. The van der Waals surface area contributed by atoms with Gasteiger partial charge in [0.15, 0.2) is 0 Å². The highest BCUT2D eigenvalue weighted by Crippen LogP contribution is 2.29. The first-order valence-corrected chi connectivity index (χ1v) is 6.83. The van der Waals surface area contributed by atoms with Crippen LogP contribution in [0.2, 0.25) is 0 Å². The second-order valence-electron chi connectivity index (χ2n) is 5.93. The van der Waals surface area contributed by atoms with Crippen molar-refractivity contribution in [1.82, 2.24) is 20.3 Å². The van der Waals surface area contributed by atoms with E-state index >= 15 is 0 Å². The SMILES string of the molecule is CC(C)(C)OC(=O)N1CCCCCC1c1cn[nH]n1. The maximum Gasteiger partial charge on any atom is 0.410 e. The summed E-state index contributed by atoms with van der Waals surface area (Å²) < 4.78 is 5.49. The molecule has 6 heteroatoms. The first kappa shape index (κ1) is 13.8. The van der Waals surface area contributed by atoms with Crippen molar-refractivity contribution in [3.8, 4) is 0 Å². The lowest BCUT2D eigenvalue weighted by Gasteiger charge is -2.31. The monoisotopic (exact) mass is 266 g/mol. The zero-order chi connectivity index (χ0) is 13.9. The third-order valence-corrected chi connectivity index (χ3v) is 3.16. The van der Waals surface area contributed by atoms with E-state index in [-0.39, 0.29) is 12.1 Å². The third-order valence-electron chi connectivity index (χ3n) is 3.16. The molecule has 0 saturated carbocycles. The molecule has 1 aromatic heterocycles. The average Bonchev–Trinajstić information content (AvgIpc) is 2.71. The third kappa shape index (κ3) is 3.68. The van der Waals surface area contributed by atoms with Gasteiger partial charge in [0, 0.05) is 6.54 Å². The molecule has 1 fully saturated rings. The quantitative estimate of drug-likeness (QED) is 0.848. The van der Waals surface area contributed by atoms with Crippen LogP contribution in [0.4, 0.5) is 4.79 Å². The molecule has 1 atom stereocenters. The number of H-pyrrole nitrogens is 1. The van der Waals surface area contributed by atoms with E-state index in [0.29, 0.717) is 6.54 Å². The molecule has 0 bridgehead atoms. The number of likely N-dealkylation sites (tertiary alicyclic amines) is 1. The molecular weight excluding hydrogens is 244 g/mol. The van der Waals surface area contributed by atoms with Gasteiger partial charge < -0.3 is 4.74 Å². The summed E-state index contributed by atoms with van der Waals surface area (Å²) in [5.74, 6) is 0. The van der Waals surface area contributed by atoms with Crippen molar-refractivity contribution < 1.29 is 9.53 Å². The van der Waals surface area contributed by atoms with E-state index in [9.17, 15) is 4.79 Å². The van der Waals surface area contributed by atoms with Gasteiger partial charge in [0.1, 0.15) is 11.3 Å². The highest BCUT2D eigenvalue weighted by molar-refractivity contribution is 5.68. The Morgan fingerprint density at radius 2 is 2.21 bits per heavy atom. The molecule has 1 aliphatic heterocycles. The molecule has 2 heterocycles. The number of aromatic nitrogens is 3. The van der Waals surface area contributed by atoms with Crippen LogP contribution in [0.3, 0.4) is 0 Å². The molecule has 1 amide bonds. The summed E-state index contributed by atoms with van der Waals surface area (Å²) in [5, 5.41) is 10.6. The van der Waals surface area contributed by atoms with Crippen molar-refractivity contribution in [2.45, 2.75) is 58.1 Å². The van der Waals surface area contributed by atoms with E-state index < -0.39 is 5.60 Å². The van der Waals surface area contributed by atoms with Crippen molar-refractivity contribution in [3.05, 3.63) is 11.9 Å². The average molecular weight is 266 g/mol. The topological polar surface area (TPSA) is 71.1 Å². The normalized spacial score (nSPS) is 21.0. The Labute approximate surface area is 113 Å². The maximum absolute atomic E-state index is 12.3. The Hall–Kier alpha value is -1.59. The zero-order valence-corrected chi connectivity index (χ0v) is 11.8. The van der Waals surface area contributed by atoms with Crippen molar-refractivity contribution in [3.63, 3.8) is 0 Å². The van der Waals surface area contributed by atoms with Gasteiger partial charge in [-0.1, -0.05) is 12.8 Å². The Bertz CT molecular complexity index is 411. The number of hydrogen-bond donors (Lipinski definition) is 1. The molecule has 1 unspecified atom stereocenters. The van der Waals surface area contributed by atoms with Crippen LogP contribution >= 0.6 is 0 Å². The lowest BCUT2D eigenvalue weighted by molar-refractivity contribution is 0.0159. The van der Waals surface area contributed by atoms with E-state index in [2.05, 4.69) is 15.4 Å². The number of nitrogens with one attached hydrogen (secondary N) is 1. The van der Waals surface area contributed by atoms with Crippen molar-refractivity contribution >= 4 is 6.09 Å². The van der Waals surface area contributed by atoms with E-state index in [1.807, 2.05) is 20.8 Å². The molecule has 0 spiro atoms. The number of hydrogen-bond acceptors (Lipinski definition) is 4. The van der Waals surface area contributed by atoms with Gasteiger partial charge in [0.25, 0.3) is 0 Å². The highest BCUT2D eigenvalue weighted by atomic mass is 16.6. The number of rotatable bonds is 1. The number of nitrogens with zero attached hydrogens (tertiary/aromatic N) is 3. The van der Waals surface area contributed by atoms with Crippen LogP contribution in [0, 0.1) is 0 Å². The molecule has 6 nitrogen and oxygen atoms in total. The Morgan fingerprint density at radius 1 is 1.42 bits per heavy atom. The fraction of sp³-hybridized carbons (Fsp3) is 0.769. The van der Waals surface area contributed by atoms with Gasteiger partial charge in [-0.15, -0.1) is 0 Å². The number of ether oxygens (including phenoxy) is 1. The molecule has 2 rings (SSSR count). The fourth-order valence-electron chi connectivity index (χ4n) is 2.33. The van der Waals surface area contributed by atoms with Crippen molar-refractivity contribution in [2.24, 2.45) is 0 Å². The van der Waals surface area contributed by atoms with Gasteiger partial charge in [-0.05, 0) is 33.6 Å². The molecule has 1 aliphatic rings. The lowest BCUT2D eigenvalue weighted by Crippen LogP contribution is -2.39. The summed E-state index contributed by atoms with van der Waals surface area (Å²) in [4.78, 5) is 14.1. The molecule has 1 N–H and O–H groups in total. The maximum atomic E-state index is 12.3. The zero-order valence-electron chi connectivity index (χ0n) is 11.8. The van der Waals surface area contributed by atoms with Gasteiger partial charge in [-0.25, -0.2) is 4.79 Å². The first-order valence-electron chi connectivity index (χ1n) is 6.83. The predicted octanol–water partition coefficient (Wildman–Crippen LogP) is 2.66. The summed E-state index contributed by atoms with van der Waals surface area (Å²) in [7, 11) is 0. The smallest absolute Gasteiger partial charge is 0.410 e. The summed E-state index contributed by atoms with van der Waals surface area (Å²) in [6, 6.07) is -0.0314. The molecule has 1 saturated heterocycles. The Kier molecular flexibility index (Phi) is 4.07. The molecule has 0 aliphatic carbocycles. The predicted molar refractivity (Wildman–Crippen MR) is 70.5 cm³/mol. The first-order chi connectivity index (χ1) is 8.97. The standard InChI is InChI=1S/C13H22N4O2/c1-13(2,3)19-12(18)17-8-6-4-5-7-11(17)10-9-14-16-15-10/h9,11H,4-8H2,1-3H3,(H,14,15,16). The minimum absolute atomic E-state index is 0.0314. The number of carbonyl (C=O) groups is 1. The molecule has 106 valence electrons. The lowest BCUT2D eigenvalue weighted by atomic mass is 10.1. The highest BCUT2D eigenvalue weighted by Gasteiger charge is 2.31. The van der Waals surface area contributed by atoms with E-state index in [1.54, 1.807) is 11.1 Å². The second kappa shape index (κ2) is 5.59. The van der Waals surface area contributed by atoms with Crippen LogP contribution in [-0.4, -0.2) is 38.5 Å². The van der Waals surface area contributed by atoms with Gasteiger partial charge in [0.05, 0.1) is 12.2 Å². The molecule has 0 radical (unpaired) electrons. The summed E-state index contributed by atoms with van der Waals surface area (Å²) >= 11 is 0. The van der Waals surface area contributed by atoms with Gasteiger partial charge in [-0.2, -0.15) is 15.4 Å². The van der Waals surface area contributed by atoms with Gasteiger partial charge in [-0.3, -0.25) is 4.90 Å². The number of carbonyl (C=O) groups excluding carboxylic acids is 1. The summed E-state index contributed by atoms with van der Waals surface area (Å²) in [6.07, 6.45) is 5.57. The fourth-order valence-corrected chi connectivity index (χ4v) is 2.33. The molecular formula is C13H22N4O2. The van der Waals surface area contributed by atoms with Crippen LogP contribution in [0.25, 0.3) is 0 Å². The molecule has 0 aromatic carbocycles. The second-order valence-corrected chi connectivity index (χ2v) is 5.93. The Morgan fingerprint density at radius 3 is 2.84 bits per heavy atom. The van der Waals surface area contributed by atoms with Gasteiger partial charge in [0.2, 0.25) is 0 Å². The van der Waals surface area contributed by atoms with Crippen LogP contribution in [0.5, 0.6) is 0 Å². The number of amides is 1. The molecule has 1 aromatic rings. The minimum Gasteiger partial charge on any atom is -0.444 e. The van der Waals surface area contributed by atoms with Gasteiger partial charge >= 0.3 is 6.09 Å². The van der Waals surface area contributed by atoms with E-state index in [4.69, 9.17) is 4.74 Å². The van der Waals surface area contributed by atoms with Crippen LogP contribution in [0.15, 0.2) is 6.20 Å².